The average molecular weight is 192 g/mol. The van der Waals surface area contributed by atoms with E-state index in [1.54, 1.807) is 12.1 Å². The summed E-state index contributed by atoms with van der Waals surface area (Å²) in [6.45, 7) is 2.53. The summed E-state index contributed by atoms with van der Waals surface area (Å²) in [6, 6.07) is 9.03. The predicted octanol–water partition coefficient (Wildman–Crippen LogP) is 2.84. The van der Waals surface area contributed by atoms with E-state index in [0.29, 0.717) is 12.2 Å². The number of carbonyl (C=O) groups excluding carboxylic acids is 1. The summed E-state index contributed by atoms with van der Waals surface area (Å²) >= 11 is 0. The second-order valence-electron chi connectivity index (χ2n) is 3.11. The van der Waals surface area contributed by atoms with Gasteiger partial charge in [-0.25, -0.2) is 9.90 Å². The Labute approximate surface area is 84.0 Å². The molecular weight excluding hydrogens is 178 g/mol. The van der Waals surface area contributed by atoms with Crippen LogP contribution in [0.4, 0.5) is 10.5 Å². The first-order chi connectivity index (χ1) is 6.75. The maximum Gasteiger partial charge on any atom is 0.457 e. The molecule has 0 fully saturated rings. The van der Waals surface area contributed by atoms with Crippen LogP contribution in [-0.2, 0) is 5.11 Å². The Hall–Kier alpha value is -1.51. The Morgan fingerprint density at radius 2 is 1.93 bits per heavy atom. The zero-order chi connectivity index (χ0) is 10.4. The van der Waals surface area contributed by atoms with Crippen molar-refractivity contribution in [2.45, 2.75) is 19.8 Å². The van der Waals surface area contributed by atoms with E-state index >= 15 is 0 Å². The fourth-order valence-corrected chi connectivity index (χ4v) is 1.25. The highest BCUT2D eigenvalue weighted by molar-refractivity contribution is 5.85. The fourth-order valence-electron chi connectivity index (χ4n) is 1.25. The first-order valence-corrected chi connectivity index (χ1v) is 4.79. The number of para-hydroxylation sites is 1. The predicted molar refractivity (Wildman–Crippen MR) is 54.8 cm³/mol. The van der Waals surface area contributed by atoms with Crippen molar-refractivity contribution in [2.24, 2.45) is 0 Å². The van der Waals surface area contributed by atoms with E-state index in [9.17, 15) is 9.90 Å². The lowest BCUT2D eigenvalue weighted by Crippen LogP contribution is -2.29. The molecule has 0 aromatic heterocycles. The molecule has 3 heteroatoms. The van der Waals surface area contributed by atoms with Gasteiger partial charge in [-0.3, -0.25) is 4.90 Å². The molecule has 0 aliphatic heterocycles. The van der Waals surface area contributed by atoms with E-state index < -0.39 is 6.09 Å². The molecule has 0 aliphatic carbocycles. The number of carbonyl (C=O) groups is 1. The number of rotatable bonds is 4. The number of anilines is 1. The molecular formula is C11H14NO2. The van der Waals surface area contributed by atoms with Crippen LogP contribution in [-0.4, -0.2) is 12.6 Å². The summed E-state index contributed by atoms with van der Waals surface area (Å²) in [5.41, 5.74) is 0.681. The van der Waals surface area contributed by atoms with Gasteiger partial charge in [-0.05, 0) is 18.6 Å². The molecule has 0 saturated carbocycles. The molecule has 0 saturated heterocycles. The van der Waals surface area contributed by atoms with Gasteiger partial charge in [0.05, 0.1) is 0 Å². The molecule has 0 unspecified atom stereocenters. The Bertz CT molecular complexity index is 285. The SMILES string of the molecule is CCCCN(C([O])=O)c1ccccc1. The standard InChI is InChI=1S/C11H14NO2/c1-2-3-9-12(11(13)14)10-7-5-4-6-8-10/h4-8H,2-3,9H2,1H3. The van der Waals surface area contributed by atoms with Crippen LogP contribution < -0.4 is 4.90 Å². The summed E-state index contributed by atoms with van der Waals surface area (Å²) in [5, 5.41) is 10.8. The van der Waals surface area contributed by atoms with Crippen molar-refractivity contribution in [2.75, 3.05) is 11.4 Å². The molecule has 1 aromatic rings. The molecule has 0 atom stereocenters. The van der Waals surface area contributed by atoms with Crippen LogP contribution in [0.5, 0.6) is 0 Å². The largest absolute Gasteiger partial charge is 0.457 e. The second kappa shape index (κ2) is 5.27. The minimum absolute atomic E-state index is 0.503. The molecule has 75 valence electrons. The number of hydrogen-bond acceptors (Lipinski definition) is 1. The molecule has 3 nitrogen and oxygen atoms in total. The van der Waals surface area contributed by atoms with Crippen molar-refractivity contribution in [3.05, 3.63) is 30.3 Å². The van der Waals surface area contributed by atoms with Crippen LogP contribution in [0.15, 0.2) is 30.3 Å². The van der Waals surface area contributed by atoms with Crippen molar-refractivity contribution >= 4 is 11.8 Å². The summed E-state index contributed by atoms with van der Waals surface area (Å²) in [5.74, 6) is 0. The van der Waals surface area contributed by atoms with E-state index in [4.69, 9.17) is 0 Å². The maximum absolute atomic E-state index is 10.8. The third kappa shape index (κ3) is 2.76. The normalized spacial score (nSPS) is 9.79. The molecule has 0 spiro atoms. The van der Waals surface area contributed by atoms with E-state index in [1.165, 1.54) is 4.90 Å². The van der Waals surface area contributed by atoms with E-state index in [2.05, 4.69) is 0 Å². The lowest BCUT2D eigenvalue weighted by molar-refractivity contribution is 0.176. The number of nitrogens with zero attached hydrogens (tertiary/aromatic N) is 1. The monoisotopic (exact) mass is 192 g/mol. The van der Waals surface area contributed by atoms with Crippen LogP contribution in [0.25, 0.3) is 0 Å². The van der Waals surface area contributed by atoms with Crippen LogP contribution in [0.1, 0.15) is 19.8 Å². The van der Waals surface area contributed by atoms with Crippen molar-refractivity contribution in [3.63, 3.8) is 0 Å². The van der Waals surface area contributed by atoms with E-state index in [0.717, 1.165) is 12.8 Å². The quantitative estimate of drug-likeness (QED) is 0.723. The molecule has 0 heterocycles. The molecule has 14 heavy (non-hydrogen) atoms. The summed E-state index contributed by atoms with van der Waals surface area (Å²) < 4.78 is 0. The van der Waals surface area contributed by atoms with Gasteiger partial charge in [0, 0.05) is 12.2 Å². The lowest BCUT2D eigenvalue weighted by atomic mass is 10.2. The molecule has 0 bridgehead atoms. The Morgan fingerprint density at radius 3 is 2.43 bits per heavy atom. The van der Waals surface area contributed by atoms with Crippen molar-refractivity contribution < 1.29 is 9.90 Å². The van der Waals surface area contributed by atoms with Crippen molar-refractivity contribution in [3.8, 4) is 0 Å². The van der Waals surface area contributed by atoms with Gasteiger partial charge in [0.1, 0.15) is 0 Å². The fraction of sp³-hybridized carbons (Fsp3) is 0.364. The van der Waals surface area contributed by atoms with E-state index in [1.807, 2.05) is 25.1 Å². The highest BCUT2D eigenvalue weighted by atomic mass is 16.4. The third-order valence-corrected chi connectivity index (χ3v) is 2.02. The van der Waals surface area contributed by atoms with Crippen LogP contribution >= 0.6 is 0 Å². The first kappa shape index (κ1) is 10.6. The van der Waals surface area contributed by atoms with Gasteiger partial charge in [-0.1, -0.05) is 31.5 Å². The number of amides is 1. The minimum atomic E-state index is -1.13. The highest BCUT2D eigenvalue weighted by Crippen LogP contribution is 2.14. The third-order valence-electron chi connectivity index (χ3n) is 2.02. The van der Waals surface area contributed by atoms with Crippen LogP contribution in [0.2, 0.25) is 0 Å². The van der Waals surface area contributed by atoms with Gasteiger partial charge < -0.3 is 0 Å². The van der Waals surface area contributed by atoms with Crippen LogP contribution in [0.3, 0.4) is 0 Å². The van der Waals surface area contributed by atoms with Crippen LogP contribution in [0, 0.1) is 0 Å². The topological polar surface area (TPSA) is 40.2 Å². The van der Waals surface area contributed by atoms with Crippen molar-refractivity contribution in [1.29, 1.82) is 0 Å². The van der Waals surface area contributed by atoms with Crippen molar-refractivity contribution in [1.82, 2.24) is 0 Å². The molecule has 0 N–H and O–H groups in total. The summed E-state index contributed by atoms with van der Waals surface area (Å²) in [7, 11) is 0. The first-order valence-electron chi connectivity index (χ1n) is 4.79. The summed E-state index contributed by atoms with van der Waals surface area (Å²) in [4.78, 5) is 12.1. The Balaban J connectivity index is 2.73. The smallest absolute Gasteiger partial charge is 0.275 e. The number of benzene rings is 1. The molecule has 1 radical (unpaired) electrons. The zero-order valence-corrected chi connectivity index (χ0v) is 8.27. The number of unbranched alkanes of at least 4 members (excludes halogenated alkanes) is 1. The minimum Gasteiger partial charge on any atom is -0.275 e. The second-order valence-corrected chi connectivity index (χ2v) is 3.11. The molecule has 1 amide bonds. The average Bonchev–Trinajstić information content (AvgIpc) is 2.19. The van der Waals surface area contributed by atoms with Gasteiger partial charge in [-0.2, -0.15) is 0 Å². The summed E-state index contributed by atoms with van der Waals surface area (Å²) in [6.07, 6.45) is 0.684. The zero-order valence-electron chi connectivity index (χ0n) is 8.27. The molecule has 1 rings (SSSR count). The van der Waals surface area contributed by atoms with E-state index in [-0.39, 0.29) is 0 Å². The maximum atomic E-state index is 10.8. The number of hydrogen-bond donors (Lipinski definition) is 0. The molecule has 1 aromatic carbocycles. The van der Waals surface area contributed by atoms with Gasteiger partial charge in [0.15, 0.2) is 0 Å². The Kier molecular flexibility index (Phi) is 3.98. The highest BCUT2D eigenvalue weighted by Gasteiger charge is 2.14. The van der Waals surface area contributed by atoms with Gasteiger partial charge >= 0.3 is 6.09 Å². The Morgan fingerprint density at radius 1 is 1.29 bits per heavy atom. The van der Waals surface area contributed by atoms with Gasteiger partial charge in [0.2, 0.25) is 0 Å². The van der Waals surface area contributed by atoms with Gasteiger partial charge in [0.25, 0.3) is 0 Å². The van der Waals surface area contributed by atoms with Gasteiger partial charge in [-0.15, -0.1) is 0 Å². The molecule has 0 aliphatic rings. The lowest BCUT2D eigenvalue weighted by Gasteiger charge is -2.17.